The number of rotatable bonds is 7. The Bertz CT molecular complexity index is 4010. The summed E-state index contributed by atoms with van der Waals surface area (Å²) in [6.45, 7) is 0. The first-order valence-electron chi connectivity index (χ1n) is 28.4. The third kappa shape index (κ3) is 6.56. The summed E-state index contributed by atoms with van der Waals surface area (Å²) in [5.74, 6) is 2.94. The summed E-state index contributed by atoms with van der Waals surface area (Å²) in [6.07, 6.45) is 12.8. The Morgan fingerprint density at radius 3 is 1.53 bits per heavy atom. The normalized spacial score (nSPS) is 16.8. The number of furan rings is 1. The van der Waals surface area contributed by atoms with Crippen molar-refractivity contribution in [3.8, 4) is 33.8 Å². The molecule has 11 aromatic rings. The molecule has 0 unspecified atom stereocenters. The fourth-order valence-corrected chi connectivity index (χ4v) is 15.4. The summed E-state index contributed by atoms with van der Waals surface area (Å²) in [7, 11) is 0. The molecule has 2 fully saturated rings. The minimum Gasteiger partial charge on any atom is -0.457 e. The van der Waals surface area contributed by atoms with E-state index in [0.717, 1.165) is 50.5 Å². The molecular formula is C74H59NO2. The predicted octanol–water partition coefficient (Wildman–Crippen LogP) is 20.0. The average Bonchev–Trinajstić information content (AvgIpc) is 4.24. The molecule has 1 aromatic heterocycles. The monoisotopic (exact) mass is 993 g/mol. The molecule has 0 saturated heterocycles. The Morgan fingerprint density at radius 1 is 0.351 bits per heavy atom. The molecule has 372 valence electrons. The summed E-state index contributed by atoms with van der Waals surface area (Å²) in [4.78, 5) is 2.52. The van der Waals surface area contributed by atoms with Crippen molar-refractivity contribution in [3.63, 3.8) is 0 Å². The van der Waals surface area contributed by atoms with Gasteiger partial charge in [-0.1, -0.05) is 208 Å². The van der Waals surface area contributed by atoms with Crippen molar-refractivity contribution in [2.24, 2.45) is 0 Å². The van der Waals surface area contributed by atoms with Crippen LogP contribution in [0.2, 0.25) is 0 Å². The van der Waals surface area contributed by atoms with E-state index in [9.17, 15) is 0 Å². The van der Waals surface area contributed by atoms with Gasteiger partial charge in [-0.3, -0.25) is 0 Å². The van der Waals surface area contributed by atoms with Crippen LogP contribution in [0.5, 0.6) is 11.5 Å². The molecule has 16 rings (SSSR count). The van der Waals surface area contributed by atoms with Crippen LogP contribution in [0.1, 0.15) is 132 Å². The summed E-state index contributed by atoms with van der Waals surface area (Å²) < 4.78 is 14.0. The minimum absolute atomic E-state index is 0.555. The van der Waals surface area contributed by atoms with E-state index in [2.05, 4.69) is 229 Å². The van der Waals surface area contributed by atoms with Crippen LogP contribution < -0.4 is 9.64 Å². The maximum Gasteiger partial charge on any atom is 0.137 e. The zero-order chi connectivity index (χ0) is 50.7. The quantitative estimate of drug-likeness (QED) is 0.159. The highest BCUT2D eigenvalue weighted by Crippen LogP contribution is 2.64. The van der Waals surface area contributed by atoms with Gasteiger partial charge in [0.2, 0.25) is 0 Å². The van der Waals surface area contributed by atoms with Gasteiger partial charge in [0.25, 0.3) is 0 Å². The predicted molar refractivity (Wildman–Crippen MR) is 315 cm³/mol. The zero-order valence-electron chi connectivity index (χ0n) is 43.4. The summed E-state index contributed by atoms with van der Waals surface area (Å²) >= 11 is 0. The van der Waals surface area contributed by atoms with E-state index in [-0.39, 0.29) is 0 Å². The molecule has 0 N–H and O–H groups in total. The second-order valence-corrected chi connectivity index (χ2v) is 22.7. The van der Waals surface area contributed by atoms with Crippen LogP contribution in [-0.2, 0) is 10.8 Å². The Balaban J connectivity index is 0.988. The van der Waals surface area contributed by atoms with Crippen molar-refractivity contribution in [1.29, 1.82) is 0 Å². The highest BCUT2D eigenvalue weighted by molar-refractivity contribution is 6.13. The van der Waals surface area contributed by atoms with Crippen LogP contribution in [0.3, 0.4) is 0 Å². The molecule has 4 aliphatic carbocycles. The number of benzene rings is 10. The van der Waals surface area contributed by atoms with E-state index < -0.39 is 10.8 Å². The molecule has 3 nitrogen and oxygen atoms in total. The van der Waals surface area contributed by atoms with Crippen molar-refractivity contribution in [2.45, 2.75) is 86.9 Å². The number of hydrogen-bond acceptors (Lipinski definition) is 3. The second kappa shape index (κ2) is 17.6. The van der Waals surface area contributed by atoms with Gasteiger partial charge < -0.3 is 14.1 Å². The average molecular weight is 994 g/mol. The molecule has 3 heteroatoms. The summed E-state index contributed by atoms with van der Waals surface area (Å²) in [5.41, 5.74) is 22.1. The van der Waals surface area contributed by atoms with Gasteiger partial charge in [0, 0.05) is 27.9 Å². The van der Waals surface area contributed by atoms with E-state index in [1.807, 2.05) is 0 Å². The van der Waals surface area contributed by atoms with Crippen LogP contribution >= 0.6 is 0 Å². The minimum atomic E-state index is -0.643. The molecule has 5 aliphatic rings. The van der Waals surface area contributed by atoms with Gasteiger partial charge in [-0.15, -0.1) is 0 Å². The SMILES string of the molecule is c1ccc(C2(c3ccccc3)c3ccccc3-c3ccc(N(c4ccc5c(c4)C4(c6ccccc6O5)c5cc(C6CCCCC6)ccc5-c5ccc(C6CCCCC6)cc54)c4cccc5oc6ccccc6c45)cc32)cc1. The first kappa shape index (κ1) is 44.9. The third-order valence-corrected chi connectivity index (χ3v) is 18.8. The zero-order valence-corrected chi connectivity index (χ0v) is 43.4. The van der Waals surface area contributed by atoms with E-state index in [1.54, 1.807) is 0 Å². The van der Waals surface area contributed by atoms with E-state index in [1.165, 1.54) is 142 Å². The molecule has 0 amide bonds. The standard InChI is InChI=1S/C74H59NO2/c1-5-20-48(21-6-1)50-36-40-57-58-41-37-51(49-22-7-2-8-23-49)45-64(58)74(63(57)44-50)62-31-16-18-34-69(62)77-70-43-39-55(47-66(70)74)75(67-32-19-35-71-72(67)60-29-14-17-33-68(60)76-71)54-38-42-59-56-28-13-15-30-61(56)73(65(59)46-54,52-24-9-3-10-25-52)53-26-11-4-12-27-53/h3-4,9-19,24-49H,1-2,5-8,20-23H2. The van der Waals surface area contributed by atoms with Gasteiger partial charge in [0.15, 0.2) is 0 Å². The maximum absolute atomic E-state index is 7.24. The van der Waals surface area contributed by atoms with E-state index in [0.29, 0.717) is 11.8 Å². The van der Waals surface area contributed by atoms with Crippen LogP contribution in [-0.4, -0.2) is 0 Å². The summed E-state index contributed by atoms with van der Waals surface area (Å²) in [5, 5.41) is 2.18. The molecule has 2 saturated carbocycles. The molecule has 2 heterocycles. The molecule has 1 aliphatic heterocycles. The Morgan fingerprint density at radius 2 is 0.857 bits per heavy atom. The van der Waals surface area contributed by atoms with Gasteiger partial charge in [-0.05, 0) is 159 Å². The number of ether oxygens (including phenoxy) is 1. The fraction of sp³-hybridized carbons (Fsp3) is 0.189. The first-order chi connectivity index (χ1) is 38.2. The van der Waals surface area contributed by atoms with Crippen LogP contribution in [0.4, 0.5) is 17.1 Å². The topological polar surface area (TPSA) is 25.6 Å². The third-order valence-electron chi connectivity index (χ3n) is 18.8. The van der Waals surface area contributed by atoms with Crippen LogP contribution in [0, 0.1) is 0 Å². The van der Waals surface area contributed by atoms with Crippen molar-refractivity contribution in [2.75, 3.05) is 4.90 Å². The molecule has 0 atom stereocenters. The first-order valence-corrected chi connectivity index (χ1v) is 28.4. The van der Waals surface area contributed by atoms with Gasteiger partial charge in [0.05, 0.1) is 21.9 Å². The van der Waals surface area contributed by atoms with Crippen LogP contribution in [0.25, 0.3) is 44.2 Å². The highest BCUT2D eigenvalue weighted by atomic mass is 16.5. The lowest BCUT2D eigenvalue weighted by Gasteiger charge is -2.41. The molecule has 10 aromatic carbocycles. The number of anilines is 3. The highest BCUT2D eigenvalue weighted by Gasteiger charge is 2.52. The molecule has 0 bridgehead atoms. The number of fused-ring (bicyclic) bond motifs is 15. The Labute approximate surface area is 451 Å². The van der Waals surface area contributed by atoms with E-state index >= 15 is 0 Å². The smallest absolute Gasteiger partial charge is 0.137 e. The van der Waals surface area contributed by atoms with Crippen molar-refractivity contribution >= 4 is 39.0 Å². The van der Waals surface area contributed by atoms with Gasteiger partial charge in [-0.25, -0.2) is 0 Å². The molecule has 1 spiro atoms. The fourth-order valence-electron chi connectivity index (χ4n) is 15.4. The second-order valence-electron chi connectivity index (χ2n) is 22.7. The molecule has 0 radical (unpaired) electrons. The maximum atomic E-state index is 7.24. The number of hydrogen-bond donors (Lipinski definition) is 0. The van der Waals surface area contributed by atoms with Gasteiger partial charge in [0.1, 0.15) is 22.7 Å². The number of para-hydroxylation sites is 2. The van der Waals surface area contributed by atoms with Gasteiger partial charge >= 0.3 is 0 Å². The van der Waals surface area contributed by atoms with Crippen molar-refractivity contribution < 1.29 is 9.15 Å². The summed E-state index contributed by atoms with van der Waals surface area (Å²) in [6, 6.07) is 85.0. The lowest BCUT2D eigenvalue weighted by Crippen LogP contribution is -2.33. The lowest BCUT2D eigenvalue weighted by atomic mass is 9.65. The van der Waals surface area contributed by atoms with Crippen molar-refractivity contribution in [3.05, 3.63) is 280 Å². The molecule has 77 heavy (non-hydrogen) atoms. The van der Waals surface area contributed by atoms with Crippen LogP contribution in [0.15, 0.2) is 229 Å². The Hall–Kier alpha value is -8.40. The number of nitrogens with zero attached hydrogens (tertiary/aromatic N) is 1. The van der Waals surface area contributed by atoms with E-state index in [4.69, 9.17) is 9.15 Å². The van der Waals surface area contributed by atoms with Gasteiger partial charge in [-0.2, -0.15) is 0 Å². The largest absolute Gasteiger partial charge is 0.457 e. The lowest BCUT2D eigenvalue weighted by molar-refractivity contribution is 0.433. The molecular weight excluding hydrogens is 935 g/mol. The Kier molecular flexibility index (Phi) is 10.2. The van der Waals surface area contributed by atoms with Crippen molar-refractivity contribution in [1.82, 2.24) is 0 Å².